The molecule has 26 heavy (non-hydrogen) atoms. The summed E-state index contributed by atoms with van der Waals surface area (Å²) in [6, 6.07) is 10.2. The van der Waals surface area contributed by atoms with Gasteiger partial charge in [-0.15, -0.1) is 0 Å². The molecule has 1 aromatic carbocycles. The van der Waals surface area contributed by atoms with Crippen molar-refractivity contribution >= 4 is 29.1 Å². The third kappa shape index (κ3) is 7.14. The van der Waals surface area contributed by atoms with Crippen molar-refractivity contribution in [2.75, 3.05) is 57.2 Å². The Morgan fingerprint density at radius 3 is 2.15 bits per heavy atom. The first-order valence-electron chi connectivity index (χ1n) is 7.90. The topological polar surface area (TPSA) is 150 Å². The molecule has 0 aliphatic carbocycles. The van der Waals surface area contributed by atoms with E-state index in [0.717, 1.165) is 6.54 Å². The Bertz CT molecular complexity index is 722. The summed E-state index contributed by atoms with van der Waals surface area (Å²) in [4.78, 5) is 18.9. The smallest absolute Gasteiger partial charge is 0.408 e. The Hall–Kier alpha value is -3.20. The molecule has 0 saturated carbocycles. The lowest BCUT2D eigenvalue weighted by molar-refractivity contribution is 0.159. The highest BCUT2D eigenvalue weighted by atomic mass is 16.6. The molecule has 8 N–H and O–H groups in total. The maximum absolute atomic E-state index is 11.7. The van der Waals surface area contributed by atoms with Gasteiger partial charge in [0.15, 0.2) is 5.75 Å². The number of amides is 1. The second kappa shape index (κ2) is 9.94. The third-order valence-electron chi connectivity index (χ3n) is 3.29. The fourth-order valence-corrected chi connectivity index (χ4v) is 1.69. The highest BCUT2D eigenvalue weighted by molar-refractivity contribution is 5.72. The number of likely N-dealkylation sites (N-methyl/N-ethyl adjacent to an activating group) is 2. The quantitative estimate of drug-likeness (QED) is 0.591. The number of rotatable bonds is 4. The van der Waals surface area contributed by atoms with E-state index in [4.69, 9.17) is 27.7 Å². The molecule has 2 rings (SSSR count). The van der Waals surface area contributed by atoms with Crippen molar-refractivity contribution in [1.29, 1.82) is 0 Å². The molecule has 9 nitrogen and oxygen atoms in total. The minimum Gasteiger partial charge on any atom is -0.408 e. The zero-order valence-corrected chi connectivity index (χ0v) is 15.3. The monoisotopic (exact) mass is 361 g/mol. The van der Waals surface area contributed by atoms with E-state index >= 15 is 0 Å². The lowest BCUT2D eigenvalue weighted by atomic mass is 10.3. The predicted molar refractivity (Wildman–Crippen MR) is 106 cm³/mol. The first kappa shape index (κ1) is 20.8. The van der Waals surface area contributed by atoms with Crippen LogP contribution in [0.1, 0.15) is 0 Å². The number of hydrogen-bond donors (Lipinski definition) is 4. The van der Waals surface area contributed by atoms with Crippen LogP contribution in [0, 0.1) is 0 Å². The van der Waals surface area contributed by atoms with Crippen LogP contribution in [0.25, 0.3) is 0 Å². The van der Waals surface area contributed by atoms with E-state index in [9.17, 15) is 4.79 Å². The summed E-state index contributed by atoms with van der Waals surface area (Å²) in [5, 5.41) is 0. The second-order valence-electron chi connectivity index (χ2n) is 5.84. The van der Waals surface area contributed by atoms with E-state index in [1.807, 2.05) is 19.0 Å². The van der Waals surface area contributed by atoms with Crippen molar-refractivity contribution in [1.82, 2.24) is 14.8 Å². The average Bonchev–Trinajstić information content (AvgIpc) is 2.58. The average molecular weight is 361 g/mol. The molecule has 0 aliphatic heterocycles. The van der Waals surface area contributed by atoms with Crippen molar-refractivity contribution in [3.8, 4) is 5.75 Å². The van der Waals surface area contributed by atoms with E-state index in [0.29, 0.717) is 29.5 Å². The molecular formula is C17H27N7O2. The van der Waals surface area contributed by atoms with Crippen molar-refractivity contribution in [3.05, 3.63) is 36.4 Å². The third-order valence-corrected chi connectivity index (χ3v) is 3.29. The molecule has 0 bridgehead atoms. The van der Waals surface area contributed by atoms with Gasteiger partial charge in [0.05, 0.1) is 11.4 Å². The van der Waals surface area contributed by atoms with Crippen LogP contribution in [0.5, 0.6) is 5.75 Å². The van der Waals surface area contributed by atoms with E-state index in [1.165, 1.54) is 4.90 Å². The first-order chi connectivity index (χ1) is 12.2. The molecule has 142 valence electrons. The number of nitrogen functional groups attached to an aromatic ring is 4. The lowest BCUT2D eigenvalue weighted by Gasteiger charge is -2.19. The molecule has 2 aromatic rings. The molecule has 0 unspecified atom stereocenters. The fourth-order valence-electron chi connectivity index (χ4n) is 1.69. The van der Waals surface area contributed by atoms with Gasteiger partial charge in [-0.05, 0) is 38.4 Å². The summed E-state index contributed by atoms with van der Waals surface area (Å²) in [7, 11) is 5.60. The van der Waals surface area contributed by atoms with Gasteiger partial charge in [0.1, 0.15) is 11.6 Å². The Balaban J connectivity index is 0.000000314. The van der Waals surface area contributed by atoms with Crippen molar-refractivity contribution in [2.45, 2.75) is 0 Å². The molecular weight excluding hydrogens is 334 g/mol. The molecule has 0 radical (unpaired) electrons. The number of ether oxygens (including phenoxy) is 1. The number of carbonyl (C=O) groups excluding carboxylic acids is 1. The summed E-state index contributed by atoms with van der Waals surface area (Å²) < 4.78 is 5.18. The van der Waals surface area contributed by atoms with Gasteiger partial charge in [0.25, 0.3) is 0 Å². The fraction of sp³-hybridized carbons (Fsp3) is 0.294. The number of hydrogen-bond acceptors (Lipinski definition) is 8. The van der Waals surface area contributed by atoms with Gasteiger partial charge >= 0.3 is 6.09 Å². The largest absolute Gasteiger partial charge is 0.415 e. The Labute approximate surface area is 153 Å². The minimum atomic E-state index is -0.398. The summed E-state index contributed by atoms with van der Waals surface area (Å²) >= 11 is 0. The summed E-state index contributed by atoms with van der Waals surface area (Å²) in [5.41, 5.74) is 22.5. The van der Waals surface area contributed by atoms with Gasteiger partial charge in [-0.2, -0.15) is 0 Å². The second-order valence-corrected chi connectivity index (χ2v) is 5.84. The molecule has 1 amide bonds. The van der Waals surface area contributed by atoms with Crippen LogP contribution < -0.4 is 27.7 Å². The Morgan fingerprint density at radius 2 is 1.62 bits per heavy atom. The van der Waals surface area contributed by atoms with Crippen LogP contribution in [-0.4, -0.2) is 55.1 Å². The zero-order chi connectivity index (χ0) is 19.7. The SMILES string of the molecule is CN(C)CCN(C)C(=O)Oc1ccccc1N.Nc1ccc(N)c(N)n1. The van der Waals surface area contributed by atoms with E-state index in [1.54, 1.807) is 43.4 Å². The molecule has 0 saturated heterocycles. The number of pyridine rings is 1. The molecule has 0 spiro atoms. The number of anilines is 4. The number of benzene rings is 1. The van der Waals surface area contributed by atoms with Gasteiger partial charge in [0, 0.05) is 20.1 Å². The zero-order valence-electron chi connectivity index (χ0n) is 15.3. The van der Waals surface area contributed by atoms with E-state index in [-0.39, 0.29) is 5.82 Å². The molecule has 1 aromatic heterocycles. The summed E-state index contributed by atoms with van der Waals surface area (Å²) in [6.07, 6.45) is -0.398. The van der Waals surface area contributed by atoms with E-state index < -0.39 is 6.09 Å². The molecule has 9 heteroatoms. The van der Waals surface area contributed by atoms with E-state index in [2.05, 4.69) is 4.98 Å². The highest BCUT2D eigenvalue weighted by Gasteiger charge is 2.12. The normalized spacial score (nSPS) is 10.0. The predicted octanol–water partition coefficient (Wildman–Crippen LogP) is 1.09. The van der Waals surface area contributed by atoms with Crippen molar-refractivity contribution < 1.29 is 9.53 Å². The number of para-hydroxylation sites is 2. The van der Waals surface area contributed by atoms with Gasteiger partial charge in [0.2, 0.25) is 0 Å². The number of nitrogens with two attached hydrogens (primary N) is 4. The number of carbonyl (C=O) groups is 1. The Morgan fingerprint density at radius 1 is 0.962 bits per heavy atom. The van der Waals surface area contributed by atoms with Gasteiger partial charge in [-0.25, -0.2) is 9.78 Å². The lowest BCUT2D eigenvalue weighted by Crippen LogP contribution is -2.35. The van der Waals surface area contributed by atoms with Gasteiger partial charge in [-0.3, -0.25) is 0 Å². The number of nitrogens with zero attached hydrogens (tertiary/aromatic N) is 3. The molecule has 0 atom stereocenters. The highest BCUT2D eigenvalue weighted by Crippen LogP contribution is 2.20. The number of aromatic nitrogens is 1. The van der Waals surface area contributed by atoms with Gasteiger partial charge < -0.3 is 37.5 Å². The van der Waals surface area contributed by atoms with Crippen LogP contribution in [0.2, 0.25) is 0 Å². The first-order valence-corrected chi connectivity index (χ1v) is 7.90. The van der Waals surface area contributed by atoms with Crippen LogP contribution in [0.15, 0.2) is 36.4 Å². The standard InChI is InChI=1S/C12H19N3O2.C5H8N4/c1-14(2)8-9-15(3)12(16)17-11-7-5-4-6-10(11)13;6-3-1-2-4(7)9-5(3)8/h4-7H,8-9,13H2,1-3H3;1-2H,6H2,(H4,7,8,9). The van der Waals surface area contributed by atoms with Crippen molar-refractivity contribution in [2.24, 2.45) is 0 Å². The van der Waals surface area contributed by atoms with Crippen LogP contribution in [-0.2, 0) is 0 Å². The van der Waals surface area contributed by atoms with Crippen LogP contribution >= 0.6 is 0 Å². The van der Waals surface area contributed by atoms with Crippen molar-refractivity contribution in [3.63, 3.8) is 0 Å². The summed E-state index contributed by atoms with van der Waals surface area (Å²) in [6.45, 7) is 1.40. The van der Waals surface area contributed by atoms with Crippen LogP contribution in [0.4, 0.5) is 27.8 Å². The Kier molecular flexibility index (Phi) is 7.97. The minimum absolute atomic E-state index is 0.287. The summed E-state index contributed by atoms with van der Waals surface area (Å²) in [5.74, 6) is 1.07. The molecule has 0 fully saturated rings. The van der Waals surface area contributed by atoms with Crippen LogP contribution in [0.3, 0.4) is 0 Å². The molecule has 1 heterocycles. The maximum atomic E-state index is 11.7. The van der Waals surface area contributed by atoms with Gasteiger partial charge in [-0.1, -0.05) is 12.1 Å². The molecule has 0 aliphatic rings. The maximum Gasteiger partial charge on any atom is 0.415 e.